The highest BCUT2D eigenvalue weighted by Gasteiger charge is 2.23. The van der Waals surface area contributed by atoms with Crippen LogP contribution in [0.5, 0.6) is 0 Å². The van der Waals surface area contributed by atoms with E-state index in [4.69, 9.17) is 0 Å². The summed E-state index contributed by atoms with van der Waals surface area (Å²) in [5, 5.41) is 12.5. The summed E-state index contributed by atoms with van der Waals surface area (Å²) in [4.78, 5) is 14.1. The zero-order chi connectivity index (χ0) is 13.4. The monoisotopic (exact) mass is 256 g/mol. The van der Waals surface area contributed by atoms with Crippen LogP contribution in [-0.4, -0.2) is 47.7 Å². The average Bonchev–Trinajstić information content (AvgIpc) is 2.52. The number of nitrogens with one attached hydrogen (secondary N) is 1. The Balaban J connectivity index is 2.47. The van der Waals surface area contributed by atoms with Crippen molar-refractivity contribution in [1.82, 2.24) is 10.2 Å². The van der Waals surface area contributed by atoms with Crippen molar-refractivity contribution in [2.45, 2.75) is 64.5 Å². The van der Waals surface area contributed by atoms with Gasteiger partial charge in [0.05, 0.1) is 12.6 Å². The second-order valence-corrected chi connectivity index (χ2v) is 5.41. The van der Waals surface area contributed by atoms with E-state index in [0.717, 1.165) is 38.8 Å². The molecular weight excluding hydrogens is 228 g/mol. The van der Waals surface area contributed by atoms with Crippen molar-refractivity contribution in [3.05, 3.63) is 0 Å². The molecule has 0 bridgehead atoms. The molecule has 0 aliphatic carbocycles. The molecule has 2 N–H and O–H groups in total. The van der Waals surface area contributed by atoms with E-state index in [2.05, 4.69) is 17.1 Å². The van der Waals surface area contributed by atoms with Gasteiger partial charge in [-0.15, -0.1) is 0 Å². The van der Waals surface area contributed by atoms with Crippen molar-refractivity contribution in [2.24, 2.45) is 0 Å². The van der Waals surface area contributed by atoms with Crippen LogP contribution in [0.4, 0.5) is 0 Å². The summed E-state index contributed by atoms with van der Waals surface area (Å²) in [6.07, 6.45) is 6.19. The first-order valence-corrected chi connectivity index (χ1v) is 7.32. The molecule has 1 rings (SSSR count). The first-order chi connectivity index (χ1) is 8.63. The smallest absolute Gasteiger partial charge is 0.234 e. The number of hydrogen-bond donors (Lipinski definition) is 2. The SMILES string of the molecule is CCCNC(=O)CN1CCCCCC1CC(C)O. The molecule has 4 heteroatoms. The Bertz CT molecular complexity index is 244. The van der Waals surface area contributed by atoms with E-state index < -0.39 is 0 Å². The summed E-state index contributed by atoms with van der Waals surface area (Å²) in [6, 6.07) is 0.361. The molecule has 0 aromatic heterocycles. The number of carbonyl (C=O) groups is 1. The topological polar surface area (TPSA) is 52.6 Å². The minimum atomic E-state index is -0.283. The van der Waals surface area contributed by atoms with Gasteiger partial charge in [-0.25, -0.2) is 0 Å². The van der Waals surface area contributed by atoms with E-state index in [-0.39, 0.29) is 12.0 Å². The molecule has 0 saturated carbocycles. The van der Waals surface area contributed by atoms with Crippen LogP contribution >= 0.6 is 0 Å². The molecule has 0 radical (unpaired) electrons. The Labute approximate surface area is 111 Å². The van der Waals surface area contributed by atoms with E-state index in [1.165, 1.54) is 12.8 Å². The molecule has 1 heterocycles. The van der Waals surface area contributed by atoms with Gasteiger partial charge in [0.15, 0.2) is 0 Å². The zero-order valence-corrected chi connectivity index (χ0v) is 11.8. The summed E-state index contributed by atoms with van der Waals surface area (Å²) in [6.45, 7) is 6.12. The quantitative estimate of drug-likeness (QED) is 0.758. The van der Waals surface area contributed by atoms with Crippen LogP contribution < -0.4 is 5.32 Å². The molecule has 1 aliphatic heterocycles. The van der Waals surface area contributed by atoms with E-state index in [9.17, 15) is 9.90 Å². The largest absolute Gasteiger partial charge is 0.393 e. The van der Waals surface area contributed by atoms with Gasteiger partial charge < -0.3 is 10.4 Å². The maximum Gasteiger partial charge on any atom is 0.234 e. The number of hydrogen-bond acceptors (Lipinski definition) is 3. The molecule has 2 atom stereocenters. The van der Waals surface area contributed by atoms with Gasteiger partial charge in [-0.3, -0.25) is 9.69 Å². The second kappa shape index (κ2) is 8.48. The number of nitrogens with zero attached hydrogens (tertiary/aromatic N) is 1. The lowest BCUT2D eigenvalue weighted by atomic mass is 10.0. The van der Waals surface area contributed by atoms with E-state index in [1.807, 2.05) is 6.92 Å². The average molecular weight is 256 g/mol. The van der Waals surface area contributed by atoms with Gasteiger partial charge in [-0.1, -0.05) is 19.8 Å². The van der Waals surface area contributed by atoms with Gasteiger partial charge in [0.25, 0.3) is 0 Å². The highest BCUT2D eigenvalue weighted by Crippen LogP contribution is 2.20. The van der Waals surface area contributed by atoms with Crippen LogP contribution in [0, 0.1) is 0 Å². The first kappa shape index (κ1) is 15.4. The third-order valence-electron chi connectivity index (χ3n) is 3.53. The number of aliphatic hydroxyl groups is 1. The molecule has 1 aliphatic rings. The maximum atomic E-state index is 11.8. The van der Waals surface area contributed by atoms with Crippen LogP contribution in [0.2, 0.25) is 0 Å². The molecule has 106 valence electrons. The van der Waals surface area contributed by atoms with Crippen molar-refractivity contribution < 1.29 is 9.90 Å². The predicted octanol–water partition coefficient (Wildman–Crippen LogP) is 1.53. The molecule has 0 spiro atoms. The summed E-state index contributed by atoms with van der Waals surface area (Å²) in [5.74, 6) is 0.120. The van der Waals surface area contributed by atoms with Gasteiger partial charge >= 0.3 is 0 Å². The molecule has 2 unspecified atom stereocenters. The summed E-state index contributed by atoms with van der Waals surface area (Å²) in [7, 11) is 0. The number of aliphatic hydroxyl groups excluding tert-OH is 1. The van der Waals surface area contributed by atoms with Crippen molar-refractivity contribution in [3.63, 3.8) is 0 Å². The minimum absolute atomic E-state index is 0.120. The number of amides is 1. The highest BCUT2D eigenvalue weighted by atomic mass is 16.3. The van der Waals surface area contributed by atoms with Gasteiger partial charge in [0, 0.05) is 12.6 Å². The Morgan fingerprint density at radius 1 is 1.44 bits per heavy atom. The Hall–Kier alpha value is -0.610. The molecule has 4 nitrogen and oxygen atoms in total. The lowest BCUT2D eigenvalue weighted by Gasteiger charge is -2.30. The Morgan fingerprint density at radius 3 is 2.89 bits per heavy atom. The zero-order valence-electron chi connectivity index (χ0n) is 11.8. The van der Waals surface area contributed by atoms with Crippen molar-refractivity contribution in [2.75, 3.05) is 19.6 Å². The Morgan fingerprint density at radius 2 is 2.22 bits per heavy atom. The molecule has 1 fully saturated rings. The molecule has 0 aromatic rings. The predicted molar refractivity (Wildman–Crippen MR) is 73.4 cm³/mol. The normalized spacial score (nSPS) is 23.4. The molecule has 18 heavy (non-hydrogen) atoms. The van der Waals surface area contributed by atoms with E-state index >= 15 is 0 Å². The van der Waals surface area contributed by atoms with Gasteiger partial charge in [-0.05, 0) is 39.2 Å². The van der Waals surface area contributed by atoms with Gasteiger partial charge in [0.2, 0.25) is 5.91 Å². The molecule has 1 amide bonds. The number of carbonyl (C=O) groups excluding carboxylic acids is 1. The fourth-order valence-corrected chi connectivity index (χ4v) is 2.61. The van der Waals surface area contributed by atoms with Gasteiger partial charge in [0.1, 0.15) is 0 Å². The summed E-state index contributed by atoms with van der Waals surface area (Å²) < 4.78 is 0. The van der Waals surface area contributed by atoms with Crippen LogP contribution in [-0.2, 0) is 4.79 Å². The first-order valence-electron chi connectivity index (χ1n) is 7.32. The third-order valence-corrected chi connectivity index (χ3v) is 3.53. The molecule has 1 saturated heterocycles. The standard InChI is InChI=1S/C14H28N2O2/c1-3-8-15-14(18)11-16-9-6-4-5-7-13(16)10-12(2)17/h12-13,17H,3-11H2,1-2H3,(H,15,18). The fourth-order valence-electron chi connectivity index (χ4n) is 2.61. The fraction of sp³-hybridized carbons (Fsp3) is 0.929. The van der Waals surface area contributed by atoms with Crippen LogP contribution in [0.25, 0.3) is 0 Å². The van der Waals surface area contributed by atoms with E-state index in [0.29, 0.717) is 12.6 Å². The van der Waals surface area contributed by atoms with Crippen molar-refractivity contribution >= 4 is 5.91 Å². The number of rotatable bonds is 6. The van der Waals surface area contributed by atoms with Crippen LogP contribution in [0.3, 0.4) is 0 Å². The lowest BCUT2D eigenvalue weighted by molar-refractivity contribution is -0.123. The molecular formula is C14H28N2O2. The van der Waals surface area contributed by atoms with Crippen molar-refractivity contribution in [1.29, 1.82) is 0 Å². The highest BCUT2D eigenvalue weighted by molar-refractivity contribution is 5.78. The minimum Gasteiger partial charge on any atom is -0.393 e. The third kappa shape index (κ3) is 5.83. The lowest BCUT2D eigenvalue weighted by Crippen LogP contribution is -2.44. The van der Waals surface area contributed by atoms with E-state index in [1.54, 1.807) is 0 Å². The number of likely N-dealkylation sites (tertiary alicyclic amines) is 1. The van der Waals surface area contributed by atoms with Gasteiger partial charge in [-0.2, -0.15) is 0 Å². The molecule has 0 aromatic carbocycles. The van der Waals surface area contributed by atoms with Crippen molar-refractivity contribution in [3.8, 4) is 0 Å². The van der Waals surface area contributed by atoms with Crippen LogP contribution in [0.1, 0.15) is 52.4 Å². The Kier molecular flexibility index (Phi) is 7.28. The van der Waals surface area contributed by atoms with Crippen LogP contribution in [0.15, 0.2) is 0 Å². The maximum absolute atomic E-state index is 11.8. The summed E-state index contributed by atoms with van der Waals surface area (Å²) in [5.41, 5.74) is 0. The summed E-state index contributed by atoms with van der Waals surface area (Å²) >= 11 is 0. The second-order valence-electron chi connectivity index (χ2n) is 5.41.